The van der Waals surface area contributed by atoms with Crippen molar-refractivity contribution in [3.05, 3.63) is 35.4 Å². The molecule has 0 saturated heterocycles. The number of unbranched alkanes of at least 4 members (excludes halogenated alkanes) is 4. The van der Waals surface area contributed by atoms with Crippen LogP contribution in [0.15, 0.2) is 24.3 Å². The van der Waals surface area contributed by atoms with E-state index in [1.165, 1.54) is 19.3 Å². The van der Waals surface area contributed by atoms with E-state index in [0.29, 0.717) is 23.7 Å². The van der Waals surface area contributed by atoms with Crippen molar-refractivity contribution in [2.24, 2.45) is 5.92 Å². The topological polar surface area (TPSA) is 52.6 Å². The van der Waals surface area contributed by atoms with Gasteiger partial charge in [-0.3, -0.25) is 0 Å². The lowest BCUT2D eigenvalue weighted by Gasteiger charge is -2.14. The van der Waals surface area contributed by atoms with E-state index in [9.17, 15) is 9.59 Å². The fourth-order valence-electron chi connectivity index (χ4n) is 2.57. The Morgan fingerprint density at radius 1 is 0.846 bits per heavy atom. The number of carbonyl (C=O) groups excluding carboxylic acids is 2. The van der Waals surface area contributed by atoms with Gasteiger partial charge in [0.05, 0.1) is 23.8 Å². The molecule has 0 aliphatic rings. The van der Waals surface area contributed by atoms with Gasteiger partial charge in [0.2, 0.25) is 0 Å². The number of hydrogen-bond donors (Lipinski definition) is 0. The van der Waals surface area contributed by atoms with Crippen LogP contribution in [-0.2, 0) is 9.47 Å². The predicted molar refractivity (Wildman–Crippen MR) is 104 cm³/mol. The lowest BCUT2D eigenvalue weighted by Crippen LogP contribution is -2.16. The number of hydrogen-bond acceptors (Lipinski definition) is 4. The Balaban J connectivity index is 2.39. The molecule has 0 bridgehead atoms. The van der Waals surface area contributed by atoms with Gasteiger partial charge < -0.3 is 9.47 Å². The second-order valence-corrected chi connectivity index (χ2v) is 7.31. The Hall–Kier alpha value is -1.84. The van der Waals surface area contributed by atoms with Crippen molar-refractivity contribution in [2.75, 3.05) is 6.61 Å². The van der Waals surface area contributed by atoms with E-state index in [-0.39, 0.29) is 18.0 Å². The van der Waals surface area contributed by atoms with Crippen molar-refractivity contribution in [1.82, 2.24) is 0 Å². The smallest absolute Gasteiger partial charge is 0.338 e. The Bertz CT molecular complexity index is 534. The molecular formula is C22H34O4. The summed E-state index contributed by atoms with van der Waals surface area (Å²) in [5.74, 6) is -0.101. The minimum absolute atomic E-state index is 0.109. The molecule has 1 atom stereocenters. The molecule has 26 heavy (non-hydrogen) atoms. The zero-order chi connectivity index (χ0) is 19.4. The molecular weight excluding hydrogens is 328 g/mol. The lowest BCUT2D eigenvalue weighted by molar-refractivity contribution is 0.0312. The second-order valence-electron chi connectivity index (χ2n) is 7.31. The zero-order valence-electron chi connectivity index (χ0n) is 16.8. The summed E-state index contributed by atoms with van der Waals surface area (Å²) in [7, 11) is 0. The minimum atomic E-state index is -0.350. The molecule has 0 aliphatic carbocycles. The normalized spacial score (nSPS) is 12.0. The number of esters is 2. The summed E-state index contributed by atoms with van der Waals surface area (Å²) >= 11 is 0. The molecule has 1 rings (SSSR count). The highest BCUT2D eigenvalue weighted by Gasteiger charge is 2.14. The van der Waals surface area contributed by atoms with Crippen molar-refractivity contribution in [2.45, 2.75) is 78.7 Å². The SMILES string of the molecule is CCCCCCCOC(=O)c1ccc(C(=O)OC(C)CCC(C)C)cc1. The summed E-state index contributed by atoms with van der Waals surface area (Å²) in [5, 5.41) is 0. The van der Waals surface area contributed by atoms with Gasteiger partial charge in [-0.25, -0.2) is 9.59 Å². The van der Waals surface area contributed by atoms with Gasteiger partial charge in [-0.15, -0.1) is 0 Å². The van der Waals surface area contributed by atoms with Gasteiger partial charge >= 0.3 is 11.9 Å². The number of rotatable bonds is 12. The van der Waals surface area contributed by atoms with Crippen LogP contribution in [0.25, 0.3) is 0 Å². The standard InChI is InChI=1S/C22H34O4/c1-5-6-7-8-9-16-25-21(23)19-12-14-20(15-13-19)22(24)26-18(4)11-10-17(2)3/h12-15,17-18H,5-11,16H2,1-4H3. The Morgan fingerprint density at radius 2 is 1.42 bits per heavy atom. The van der Waals surface area contributed by atoms with E-state index in [0.717, 1.165) is 25.7 Å². The molecule has 0 fully saturated rings. The molecule has 1 aromatic rings. The zero-order valence-corrected chi connectivity index (χ0v) is 16.8. The van der Waals surface area contributed by atoms with Crippen LogP contribution in [0.5, 0.6) is 0 Å². The molecule has 0 radical (unpaired) electrons. The Labute approximate surface area is 158 Å². The maximum atomic E-state index is 12.1. The van der Waals surface area contributed by atoms with Crippen LogP contribution in [0.4, 0.5) is 0 Å². The van der Waals surface area contributed by atoms with Crippen LogP contribution in [0.2, 0.25) is 0 Å². The lowest BCUT2D eigenvalue weighted by atomic mass is 10.1. The fraction of sp³-hybridized carbons (Fsp3) is 0.636. The molecule has 0 aliphatic heterocycles. The van der Waals surface area contributed by atoms with Crippen LogP contribution < -0.4 is 0 Å². The predicted octanol–water partition coefficient (Wildman–Crippen LogP) is 5.80. The molecule has 0 spiro atoms. The van der Waals surface area contributed by atoms with Crippen LogP contribution in [0.3, 0.4) is 0 Å². The Kier molecular flexibility index (Phi) is 10.7. The summed E-state index contributed by atoms with van der Waals surface area (Å²) in [6, 6.07) is 6.48. The van der Waals surface area contributed by atoms with Crippen LogP contribution >= 0.6 is 0 Å². The molecule has 4 heteroatoms. The summed E-state index contributed by atoms with van der Waals surface area (Å²) in [5.41, 5.74) is 0.917. The molecule has 0 saturated carbocycles. The minimum Gasteiger partial charge on any atom is -0.462 e. The molecule has 0 heterocycles. The monoisotopic (exact) mass is 362 g/mol. The third-order valence-electron chi connectivity index (χ3n) is 4.30. The van der Waals surface area contributed by atoms with Gasteiger partial charge in [0.15, 0.2) is 0 Å². The highest BCUT2D eigenvalue weighted by molar-refractivity contribution is 5.93. The maximum absolute atomic E-state index is 12.1. The van der Waals surface area contributed by atoms with E-state index in [1.54, 1.807) is 24.3 Å². The van der Waals surface area contributed by atoms with E-state index >= 15 is 0 Å². The van der Waals surface area contributed by atoms with Gasteiger partial charge in [-0.05, 0) is 56.4 Å². The summed E-state index contributed by atoms with van der Waals surface area (Å²) < 4.78 is 10.7. The molecule has 146 valence electrons. The van der Waals surface area contributed by atoms with E-state index < -0.39 is 0 Å². The van der Waals surface area contributed by atoms with Gasteiger partial charge in [0, 0.05) is 0 Å². The van der Waals surface area contributed by atoms with E-state index in [2.05, 4.69) is 20.8 Å². The molecule has 0 amide bonds. The first-order valence-electron chi connectivity index (χ1n) is 9.92. The summed E-state index contributed by atoms with van der Waals surface area (Å²) in [4.78, 5) is 24.1. The fourth-order valence-corrected chi connectivity index (χ4v) is 2.57. The highest BCUT2D eigenvalue weighted by atomic mass is 16.5. The number of benzene rings is 1. The first-order chi connectivity index (χ1) is 12.4. The first-order valence-corrected chi connectivity index (χ1v) is 9.92. The second kappa shape index (κ2) is 12.5. The Morgan fingerprint density at radius 3 is 2.00 bits per heavy atom. The van der Waals surface area contributed by atoms with Gasteiger partial charge in [0.1, 0.15) is 0 Å². The molecule has 0 N–H and O–H groups in total. The van der Waals surface area contributed by atoms with Crippen molar-refractivity contribution < 1.29 is 19.1 Å². The van der Waals surface area contributed by atoms with Crippen LogP contribution in [0.1, 0.15) is 93.4 Å². The van der Waals surface area contributed by atoms with Gasteiger partial charge in [0.25, 0.3) is 0 Å². The average Bonchev–Trinajstić information content (AvgIpc) is 2.62. The first kappa shape index (κ1) is 22.2. The van der Waals surface area contributed by atoms with Crippen LogP contribution in [0, 0.1) is 5.92 Å². The quantitative estimate of drug-likeness (QED) is 0.348. The molecule has 1 aromatic carbocycles. The molecule has 1 unspecified atom stereocenters. The summed E-state index contributed by atoms with van der Waals surface area (Å²) in [6.45, 7) is 8.83. The largest absolute Gasteiger partial charge is 0.462 e. The summed E-state index contributed by atoms with van der Waals surface area (Å²) in [6.07, 6.45) is 7.35. The highest BCUT2D eigenvalue weighted by Crippen LogP contribution is 2.13. The number of ether oxygens (including phenoxy) is 2. The van der Waals surface area contributed by atoms with Crippen LogP contribution in [-0.4, -0.2) is 24.6 Å². The maximum Gasteiger partial charge on any atom is 0.338 e. The van der Waals surface area contributed by atoms with Gasteiger partial charge in [-0.2, -0.15) is 0 Å². The van der Waals surface area contributed by atoms with E-state index in [4.69, 9.17) is 9.47 Å². The van der Waals surface area contributed by atoms with Gasteiger partial charge in [-0.1, -0.05) is 46.5 Å². The average molecular weight is 363 g/mol. The van der Waals surface area contributed by atoms with Crippen molar-refractivity contribution in [3.63, 3.8) is 0 Å². The third-order valence-corrected chi connectivity index (χ3v) is 4.30. The van der Waals surface area contributed by atoms with Crippen molar-refractivity contribution >= 4 is 11.9 Å². The molecule has 0 aromatic heterocycles. The van der Waals surface area contributed by atoms with Crippen molar-refractivity contribution in [3.8, 4) is 0 Å². The van der Waals surface area contributed by atoms with Crippen molar-refractivity contribution in [1.29, 1.82) is 0 Å². The third kappa shape index (κ3) is 9.02. The van der Waals surface area contributed by atoms with E-state index in [1.807, 2.05) is 6.92 Å². The number of carbonyl (C=O) groups is 2. The molecule has 4 nitrogen and oxygen atoms in total.